The average Bonchev–Trinajstić information content (AvgIpc) is 3.16. The van der Waals surface area contributed by atoms with Crippen molar-refractivity contribution in [1.82, 2.24) is 0 Å². The molecule has 1 amide bonds. The Balaban J connectivity index is 1.85. The molecule has 1 aliphatic rings. The summed E-state index contributed by atoms with van der Waals surface area (Å²) in [6.45, 7) is 2.14. The van der Waals surface area contributed by atoms with Crippen LogP contribution in [0.3, 0.4) is 0 Å². The molecular formula is C15H15N3O6S. The zero-order valence-corrected chi connectivity index (χ0v) is 14.1. The van der Waals surface area contributed by atoms with Crippen LogP contribution in [0.1, 0.15) is 22.5 Å². The van der Waals surface area contributed by atoms with Crippen molar-refractivity contribution < 1.29 is 22.6 Å². The standard InChI is InChI=1S/C15H15N3O6S/c1-10-3-4-11(17-7-2-8-25(17,22)23)9-12(10)16-15(19)13-5-6-14(24-13)18(20)21/h3-6,9H,2,7-8H2,1H3,(H,16,19). The molecule has 0 atom stereocenters. The second kappa shape index (κ2) is 6.20. The Kier molecular flexibility index (Phi) is 4.21. The van der Waals surface area contributed by atoms with Crippen molar-refractivity contribution in [1.29, 1.82) is 0 Å². The van der Waals surface area contributed by atoms with Crippen LogP contribution in [0.5, 0.6) is 0 Å². The highest BCUT2D eigenvalue weighted by Crippen LogP contribution is 2.29. The Morgan fingerprint density at radius 2 is 2.08 bits per heavy atom. The number of hydrogen-bond donors (Lipinski definition) is 1. The van der Waals surface area contributed by atoms with E-state index in [9.17, 15) is 23.3 Å². The molecule has 0 bridgehead atoms. The Hall–Kier alpha value is -2.88. The van der Waals surface area contributed by atoms with Crippen molar-refractivity contribution in [3.63, 3.8) is 0 Å². The fourth-order valence-electron chi connectivity index (χ4n) is 2.56. The Morgan fingerprint density at radius 3 is 2.68 bits per heavy atom. The van der Waals surface area contributed by atoms with Gasteiger partial charge in [0.25, 0.3) is 5.91 Å². The van der Waals surface area contributed by atoms with Crippen molar-refractivity contribution in [2.45, 2.75) is 13.3 Å². The Bertz CT molecular complexity index is 950. The molecule has 10 heteroatoms. The van der Waals surface area contributed by atoms with Crippen molar-refractivity contribution in [3.8, 4) is 0 Å². The van der Waals surface area contributed by atoms with Gasteiger partial charge in [-0.25, -0.2) is 8.42 Å². The summed E-state index contributed by atoms with van der Waals surface area (Å²) in [7, 11) is -3.33. The quantitative estimate of drug-likeness (QED) is 0.655. The summed E-state index contributed by atoms with van der Waals surface area (Å²) >= 11 is 0. The molecule has 0 aliphatic carbocycles. The van der Waals surface area contributed by atoms with Gasteiger partial charge in [-0.1, -0.05) is 6.07 Å². The SMILES string of the molecule is Cc1ccc(N2CCCS2(=O)=O)cc1NC(=O)c1ccc([N+](=O)[O-])o1. The third-order valence-corrected chi connectivity index (χ3v) is 5.72. The largest absolute Gasteiger partial charge is 0.433 e. The molecule has 0 saturated carbocycles. The molecule has 0 unspecified atom stereocenters. The number of nitro groups is 1. The van der Waals surface area contributed by atoms with Crippen molar-refractivity contribution >= 4 is 33.2 Å². The predicted molar refractivity (Wildman–Crippen MR) is 90.2 cm³/mol. The highest BCUT2D eigenvalue weighted by Gasteiger charge is 2.29. The molecule has 1 aromatic heterocycles. The van der Waals surface area contributed by atoms with Gasteiger partial charge in [-0.15, -0.1) is 0 Å². The number of furan rings is 1. The maximum Gasteiger partial charge on any atom is 0.433 e. The number of nitrogens with zero attached hydrogens (tertiary/aromatic N) is 2. The molecule has 25 heavy (non-hydrogen) atoms. The average molecular weight is 365 g/mol. The van der Waals surface area contributed by atoms with E-state index in [2.05, 4.69) is 5.32 Å². The lowest BCUT2D eigenvalue weighted by Crippen LogP contribution is -2.25. The van der Waals surface area contributed by atoms with Gasteiger partial charge in [-0.05, 0) is 37.1 Å². The molecule has 2 heterocycles. The molecule has 1 aliphatic heterocycles. The molecule has 132 valence electrons. The van der Waals surface area contributed by atoms with Crippen LogP contribution in [0.2, 0.25) is 0 Å². The second-order valence-corrected chi connectivity index (χ2v) is 7.60. The van der Waals surface area contributed by atoms with Gasteiger partial charge >= 0.3 is 5.88 Å². The van der Waals surface area contributed by atoms with Crippen LogP contribution in [0.4, 0.5) is 17.3 Å². The lowest BCUT2D eigenvalue weighted by molar-refractivity contribution is -0.402. The molecular weight excluding hydrogens is 350 g/mol. The van der Waals surface area contributed by atoms with Crippen LogP contribution in [-0.4, -0.2) is 31.5 Å². The van der Waals surface area contributed by atoms with Crippen molar-refractivity contribution in [2.75, 3.05) is 21.9 Å². The van der Waals surface area contributed by atoms with Gasteiger partial charge in [0.2, 0.25) is 10.0 Å². The fourth-order valence-corrected chi connectivity index (χ4v) is 4.12. The smallest absolute Gasteiger partial charge is 0.395 e. The number of hydrogen-bond acceptors (Lipinski definition) is 6. The van der Waals surface area contributed by atoms with Crippen LogP contribution in [-0.2, 0) is 10.0 Å². The summed E-state index contributed by atoms with van der Waals surface area (Å²) in [6.07, 6.45) is 0.550. The Labute approximate surface area is 143 Å². The van der Waals surface area contributed by atoms with Gasteiger partial charge in [0.1, 0.15) is 4.92 Å². The lowest BCUT2D eigenvalue weighted by Gasteiger charge is -2.18. The minimum atomic E-state index is -3.33. The van der Waals surface area contributed by atoms with E-state index in [1.54, 1.807) is 25.1 Å². The molecule has 9 nitrogen and oxygen atoms in total. The summed E-state index contributed by atoms with van der Waals surface area (Å²) in [5.41, 5.74) is 1.59. The van der Waals surface area contributed by atoms with Crippen LogP contribution < -0.4 is 9.62 Å². The zero-order valence-electron chi connectivity index (χ0n) is 13.3. The summed E-state index contributed by atoms with van der Waals surface area (Å²) in [5, 5.41) is 13.2. The van der Waals surface area contributed by atoms with Gasteiger partial charge in [-0.3, -0.25) is 19.2 Å². The first-order chi connectivity index (χ1) is 11.8. The molecule has 0 radical (unpaired) electrons. The summed E-state index contributed by atoms with van der Waals surface area (Å²) in [5.74, 6) is -1.29. The van der Waals surface area contributed by atoms with Gasteiger partial charge in [0.05, 0.1) is 17.5 Å². The first-order valence-corrected chi connectivity index (χ1v) is 9.05. The number of benzene rings is 1. The number of rotatable bonds is 4. The maximum atomic E-state index is 12.2. The van der Waals surface area contributed by atoms with Gasteiger partial charge in [-0.2, -0.15) is 0 Å². The van der Waals surface area contributed by atoms with Gasteiger partial charge in [0, 0.05) is 12.2 Å². The summed E-state index contributed by atoms with van der Waals surface area (Å²) in [4.78, 5) is 22.1. The monoisotopic (exact) mass is 365 g/mol. The molecule has 2 aromatic rings. The highest BCUT2D eigenvalue weighted by atomic mass is 32.2. The number of carbonyl (C=O) groups excluding carboxylic acids is 1. The number of aryl methyl sites for hydroxylation is 1. The number of anilines is 2. The second-order valence-electron chi connectivity index (χ2n) is 5.59. The van der Waals surface area contributed by atoms with E-state index >= 15 is 0 Å². The van der Waals surface area contributed by atoms with Crippen LogP contribution >= 0.6 is 0 Å². The van der Waals surface area contributed by atoms with E-state index in [4.69, 9.17) is 4.42 Å². The first kappa shape index (κ1) is 17.0. The number of nitrogens with one attached hydrogen (secondary N) is 1. The van der Waals surface area contributed by atoms with Gasteiger partial charge in [0.15, 0.2) is 5.76 Å². The van der Waals surface area contributed by atoms with Gasteiger partial charge < -0.3 is 9.73 Å². The van der Waals surface area contributed by atoms with Crippen molar-refractivity contribution in [3.05, 3.63) is 51.8 Å². The molecule has 1 saturated heterocycles. The fraction of sp³-hybridized carbons (Fsp3) is 0.267. The van der Waals surface area contributed by atoms with Crippen LogP contribution in [0.15, 0.2) is 34.7 Å². The van der Waals surface area contributed by atoms with E-state index in [0.29, 0.717) is 24.3 Å². The first-order valence-electron chi connectivity index (χ1n) is 7.44. The number of amides is 1. The zero-order chi connectivity index (χ0) is 18.2. The minimum absolute atomic E-state index is 0.0959. The number of sulfonamides is 1. The summed E-state index contributed by atoms with van der Waals surface area (Å²) in [6, 6.07) is 7.23. The normalized spacial score (nSPS) is 16.0. The van der Waals surface area contributed by atoms with E-state index in [-0.39, 0.29) is 11.5 Å². The van der Waals surface area contributed by atoms with E-state index in [0.717, 1.165) is 11.6 Å². The molecule has 0 spiro atoms. The maximum absolute atomic E-state index is 12.2. The van der Waals surface area contributed by atoms with E-state index in [1.165, 1.54) is 10.4 Å². The van der Waals surface area contributed by atoms with Crippen LogP contribution in [0, 0.1) is 17.0 Å². The lowest BCUT2D eigenvalue weighted by atomic mass is 10.1. The van der Waals surface area contributed by atoms with E-state index < -0.39 is 26.7 Å². The molecule has 3 rings (SSSR count). The highest BCUT2D eigenvalue weighted by molar-refractivity contribution is 7.93. The minimum Gasteiger partial charge on any atom is -0.395 e. The van der Waals surface area contributed by atoms with Crippen molar-refractivity contribution in [2.24, 2.45) is 0 Å². The molecule has 1 N–H and O–H groups in total. The topological polar surface area (TPSA) is 123 Å². The predicted octanol–water partition coefficient (Wildman–Crippen LogP) is 2.29. The third-order valence-electron chi connectivity index (χ3n) is 3.85. The number of carbonyl (C=O) groups is 1. The molecule has 1 aromatic carbocycles. The van der Waals surface area contributed by atoms with Crippen LogP contribution in [0.25, 0.3) is 0 Å². The Morgan fingerprint density at radius 1 is 1.32 bits per heavy atom. The summed E-state index contributed by atoms with van der Waals surface area (Å²) < 4.78 is 30.2. The molecule has 1 fully saturated rings. The third kappa shape index (κ3) is 3.33. The van der Waals surface area contributed by atoms with E-state index in [1.807, 2.05) is 0 Å².